The standard InChI is InChI=1S/C22H46O4Si2/c1-5-23-27(24-6-2)22(21-17-13-10-14-18-21)28(25-7-3,26-8-4)19-20-15-11-9-12-16-20/h20-22,27H,5-19H2,1-4H3. The van der Waals surface area contributed by atoms with Crippen LogP contribution in [0.2, 0.25) is 11.2 Å². The summed E-state index contributed by atoms with van der Waals surface area (Å²) in [5, 5.41) is 0.412. The predicted octanol–water partition coefficient (Wildman–Crippen LogP) is 5.87. The molecule has 4 nitrogen and oxygen atoms in total. The van der Waals surface area contributed by atoms with Gasteiger partial charge in [0.1, 0.15) is 0 Å². The molecule has 6 heteroatoms. The smallest absolute Gasteiger partial charge is 0.343 e. The maximum atomic E-state index is 6.75. The van der Waals surface area contributed by atoms with Crippen molar-refractivity contribution in [2.75, 3.05) is 26.4 Å². The minimum Gasteiger partial charge on any atom is -0.397 e. The van der Waals surface area contributed by atoms with Crippen molar-refractivity contribution in [3.63, 3.8) is 0 Å². The first-order valence-corrected chi connectivity index (χ1v) is 15.9. The van der Waals surface area contributed by atoms with Crippen LogP contribution < -0.4 is 0 Å². The van der Waals surface area contributed by atoms with E-state index in [4.69, 9.17) is 17.7 Å². The summed E-state index contributed by atoms with van der Waals surface area (Å²) in [6.45, 7) is 11.5. The molecule has 0 aromatic heterocycles. The largest absolute Gasteiger partial charge is 0.397 e. The Morgan fingerprint density at radius 2 is 1.21 bits per heavy atom. The molecule has 0 aromatic rings. The van der Waals surface area contributed by atoms with Crippen molar-refractivity contribution < 1.29 is 17.7 Å². The van der Waals surface area contributed by atoms with Gasteiger partial charge >= 0.3 is 17.8 Å². The molecule has 0 radical (unpaired) electrons. The molecule has 0 aromatic carbocycles. The van der Waals surface area contributed by atoms with Gasteiger partial charge in [0.25, 0.3) is 0 Å². The molecule has 0 N–H and O–H groups in total. The summed E-state index contributed by atoms with van der Waals surface area (Å²) in [6, 6.07) is 1.15. The van der Waals surface area contributed by atoms with Crippen molar-refractivity contribution in [1.29, 1.82) is 0 Å². The topological polar surface area (TPSA) is 36.9 Å². The Balaban J connectivity index is 2.37. The monoisotopic (exact) mass is 430 g/mol. The van der Waals surface area contributed by atoms with Gasteiger partial charge in [-0.25, -0.2) is 0 Å². The number of rotatable bonds is 13. The van der Waals surface area contributed by atoms with Crippen LogP contribution in [0, 0.1) is 11.8 Å². The molecule has 2 saturated carbocycles. The minimum absolute atomic E-state index is 0.412. The predicted molar refractivity (Wildman–Crippen MR) is 121 cm³/mol. The molecule has 1 atom stereocenters. The van der Waals surface area contributed by atoms with Crippen LogP contribution in [-0.4, -0.2) is 44.3 Å². The second kappa shape index (κ2) is 13.6. The van der Waals surface area contributed by atoms with Crippen molar-refractivity contribution in [3.05, 3.63) is 0 Å². The van der Waals surface area contributed by atoms with E-state index in [0.29, 0.717) is 11.1 Å². The van der Waals surface area contributed by atoms with Gasteiger partial charge in [-0.05, 0) is 45.6 Å². The first-order chi connectivity index (χ1) is 13.7. The Kier molecular flexibility index (Phi) is 11.9. The fourth-order valence-corrected chi connectivity index (χ4v) is 15.1. The van der Waals surface area contributed by atoms with Crippen LogP contribution in [-0.2, 0) is 17.7 Å². The van der Waals surface area contributed by atoms with Crippen LogP contribution >= 0.6 is 0 Å². The third-order valence-electron chi connectivity index (χ3n) is 6.70. The third kappa shape index (κ3) is 6.91. The molecule has 0 heterocycles. The molecular formula is C22H46O4Si2. The summed E-state index contributed by atoms with van der Waals surface area (Å²) in [5.41, 5.74) is 0. The summed E-state index contributed by atoms with van der Waals surface area (Å²) in [7, 11) is -4.30. The van der Waals surface area contributed by atoms with E-state index in [1.54, 1.807) is 0 Å². The highest BCUT2D eigenvalue weighted by Gasteiger charge is 2.55. The van der Waals surface area contributed by atoms with Gasteiger partial charge in [-0.2, -0.15) is 0 Å². The molecule has 2 aliphatic carbocycles. The number of hydrogen-bond acceptors (Lipinski definition) is 4. The second-order valence-electron chi connectivity index (χ2n) is 8.59. The van der Waals surface area contributed by atoms with Crippen molar-refractivity contribution in [2.45, 2.75) is 103 Å². The Morgan fingerprint density at radius 1 is 0.714 bits per heavy atom. The van der Waals surface area contributed by atoms with Crippen LogP contribution in [0.5, 0.6) is 0 Å². The van der Waals surface area contributed by atoms with Crippen LogP contribution in [0.15, 0.2) is 0 Å². The number of hydrogen-bond donors (Lipinski definition) is 0. The zero-order valence-electron chi connectivity index (χ0n) is 19.0. The SMILES string of the molecule is CCO[SiH](OCC)C(C1CCCCC1)[Si](CC1CCCCC1)(OCC)OCC. The van der Waals surface area contributed by atoms with Gasteiger partial charge in [0, 0.05) is 31.6 Å². The van der Waals surface area contributed by atoms with Crippen molar-refractivity contribution in [2.24, 2.45) is 11.8 Å². The first kappa shape index (κ1) is 24.5. The molecule has 2 aliphatic rings. The maximum Gasteiger partial charge on any atom is 0.343 e. The van der Waals surface area contributed by atoms with Gasteiger partial charge in [-0.3, -0.25) is 0 Å². The molecule has 0 saturated heterocycles. The summed E-state index contributed by atoms with van der Waals surface area (Å²) in [5.74, 6) is 1.43. The van der Waals surface area contributed by atoms with E-state index in [1.165, 1.54) is 64.2 Å². The third-order valence-corrected chi connectivity index (χ3v) is 15.7. The van der Waals surface area contributed by atoms with Gasteiger partial charge in [0.2, 0.25) is 0 Å². The van der Waals surface area contributed by atoms with Gasteiger partial charge in [-0.1, -0.05) is 64.2 Å². The van der Waals surface area contributed by atoms with Gasteiger partial charge in [0.05, 0.1) is 0 Å². The van der Waals surface area contributed by atoms with Crippen molar-refractivity contribution in [3.8, 4) is 0 Å². The molecule has 2 fully saturated rings. The van der Waals surface area contributed by atoms with Crippen LogP contribution in [0.4, 0.5) is 0 Å². The van der Waals surface area contributed by atoms with E-state index >= 15 is 0 Å². The lowest BCUT2D eigenvalue weighted by Gasteiger charge is -2.45. The Labute approximate surface area is 177 Å². The van der Waals surface area contributed by atoms with Crippen LogP contribution in [0.1, 0.15) is 91.9 Å². The fourth-order valence-electron chi connectivity index (χ4n) is 5.64. The quantitative estimate of drug-likeness (QED) is 0.343. The fraction of sp³-hybridized carbons (Fsp3) is 1.00. The summed E-state index contributed by atoms with van der Waals surface area (Å²) < 4.78 is 26.3. The molecule has 0 aliphatic heterocycles. The first-order valence-electron chi connectivity index (χ1n) is 12.2. The lowest BCUT2D eigenvalue weighted by molar-refractivity contribution is 0.138. The minimum atomic E-state index is -2.43. The Bertz CT molecular complexity index is 386. The molecule has 1 unspecified atom stereocenters. The maximum absolute atomic E-state index is 6.75. The molecule has 28 heavy (non-hydrogen) atoms. The summed E-state index contributed by atoms with van der Waals surface area (Å²) in [6.07, 6.45) is 13.5. The van der Waals surface area contributed by atoms with Gasteiger partial charge in [0.15, 0.2) is 0 Å². The molecular weight excluding hydrogens is 384 g/mol. The molecule has 0 spiro atoms. The van der Waals surface area contributed by atoms with Crippen LogP contribution in [0.3, 0.4) is 0 Å². The van der Waals surface area contributed by atoms with Gasteiger partial charge < -0.3 is 17.7 Å². The van der Waals surface area contributed by atoms with E-state index in [9.17, 15) is 0 Å². The molecule has 2 rings (SSSR count). The summed E-state index contributed by atoms with van der Waals surface area (Å²) in [4.78, 5) is 0. The van der Waals surface area contributed by atoms with Crippen LogP contribution in [0.25, 0.3) is 0 Å². The van der Waals surface area contributed by atoms with E-state index < -0.39 is 17.8 Å². The van der Waals surface area contributed by atoms with E-state index in [2.05, 4.69) is 27.7 Å². The highest BCUT2D eigenvalue weighted by Crippen LogP contribution is 2.46. The van der Waals surface area contributed by atoms with Crippen molar-refractivity contribution in [1.82, 2.24) is 0 Å². The Morgan fingerprint density at radius 3 is 1.68 bits per heavy atom. The lowest BCUT2D eigenvalue weighted by atomic mass is 9.90. The van der Waals surface area contributed by atoms with E-state index in [0.717, 1.165) is 38.4 Å². The van der Waals surface area contributed by atoms with Gasteiger partial charge in [-0.15, -0.1) is 0 Å². The summed E-state index contributed by atoms with van der Waals surface area (Å²) >= 11 is 0. The zero-order valence-corrected chi connectivity index (χ0v) is 21.2. The molecule has 0 bridgehead atoms. The van der Waals surface area contributed by atoms with E-state index in [-0.39, 0.29) is 0 Å². The second-order valence-corrected chi connectivity index (χ2v) is 14.7. The zero-order chi connectivity index (χ0) is 20.2. The highest BCUT2D eigenvalue weighted by atomic mass is 28.4. The van der Waals surface area contributed by atoms with Crippen molar-refractivity contribution >= 4 is 17.8 Å². The highest BCUT2D eigenvalue weighted by molar-refractivity contribution is 6.80. The van der Waals surface area contributed by atoms with E-state index in [1.807, 2.05) is 0 Å². The lowest BCUT2D eigenvalue weighted by Crippen LogP contribution is -2.57. The average molecular weight is 431 g/mol. The average Bonchev–Trinajstić information content (AvgIpc) is 2.70. The molecule has 166 valence electrons. The normalized spacial score (nSPS) is 21.3. The Hall–Kier alpha value is 0.274. The molecule has 0 amide bonds.